The minimum Gasteiger partial charge on any atom is -0.383 e. The molecule has 0 aliphatic heterocycles. The molecule has 6 nitrogen and oxygen atoms in total. The van der Waals surface area contributed by atoms with E-state index >= 15 is 0 Å². The van der Waals surface area contributed by atoms with Gasteiger partial charge in [-0.3, -0.25) is 4.79 Å². The summed E-state index contributed by atoms with van der Waals surface area (Å²) in [5.74, 6) is -0.369. The number of sulfone groups is 1. The molecule has 0 aliphatic carbocycles. The largest absolute Gasteiger partial charge is 0.383 e. The van der Waals surface area contributed by atoms with Crippen LogP contribution in [0.4, 0.5) is 0 Å². The summed E-state index contributed by atoms with van der Waals surface area (Å²) < 4.78 is 28.9. The number of ether oxygens (including phenoxy) is 1. The van der Waals surface area contributed by atoms with Gasteiger partial charge in [0, 0.05) is 13.4 Å². The second kappa shape index (κ2) is 10.0. The Kier molecular flexibility index (Phi) is 8.63. The molecule has 0 bridgehead atoms. The number of nitrogens with two attached hydrogens (primary N) is 1. The van der Waals surface area contributed by atoms with E-state index < -0.39 is 21.9 Å². The molecule has 2 aromatic carbocycles. The van der Waals surface area contributed by atoms with Crippen molar-refractivity contribution in [2.45, 2.75) is 30.8 Å². The fourth-order valence-electron chi connectivity index (χ4n) is 2.92. The molecule has 3 N–H and O–H groups in total. The molecular weight excluding hydrogens is 400 g/mol. The molecule has 0 aliphatic rings. The van der Waals surface area contributed by atoms with E-state index in [1.54, 1.807) is 18.2 Å². The van der Waals surface area contributed by atoms with Crippen molar-refractivity contribution < 1.29 is 17.9 Å². The van der Waals surface area contributed by atoms with Crippen LogP contribution in [0.15, 0.2) is 47.4 Å². The Morgan fingerprint density at radius 1 is 1.18 bits per heavy atom. The van der Waals surface area contributed by atoms with Crippen LogP contribution in [-0.4, -0.2) is 40.3 Å². The Labute approximate surface area is 172 Å². The quantitative estimate of drug-likeness (QED) is 0.707. The molecule has 8 heteroatoms. The molecule has 2 unspecified atom stereocenters. The van der Waals surface area contributed by atoms with E-state index in [0.29, 0.717) is 5.56 Å². The Morgan fingerprint density at radius 2 is 1.86 bits per heavy atom. The summed E-state index contributed by atoms with van der Waals surface area (Å²) in [5, 5.41) is 2.93. The zero-order chi connectivity index (χ0) is 20.2. The minimum atomic E-state index is -3.37. The number of halogens is 1. The Balaban J connectivity index is 0.00000392. The maximum absolute atomic E-state index is 12.5. The number of rotatable bonds is 7. The van der Waals surface area contributed by atoms with Crippen LogP contribution in [0.25, 0.3) is 0 Å². The molecule has 0 heterocycles. The highest BCUT2D eigenvalue weighted by molar-refractivity contribution is 7.90. The Hall–Kier alpha value is -1.93. The van der Waals surface area contributed by atoms with Crippen molar-refractivity contribution >= 4 is 28.2 Å². The zero-order valence-electron chi connectivity index (χ0n) is 16.4. The van der Waals surface area contributed by atoms with Crippen molar-refractivity contribution in [3.63, 3.8) is 0 Å². The first kappa shape index (κ1) is 24.1. The lowest BCUT2D eigenvalue weighted by atomic mass is 9.93. The van der Waals surface area contributed by atoms with E-state index in [2.05, 4.69) is 5.32 Å². The molecule has 28 heavy (non-hydrogen) atoms. The molecule has 0 spiro atoms. The van der Waals surface area contributed by atoms with E-state index in [-0.39, 0.29) is 29.8 Å². The van der Waals surface area contributed by atoms with Crippen molar-refractivity contribution in [2.24, 2.45) is 5.73 Å². The summed E-state index contributed by atoms with van der Waals surface area (Å²) in [6, 6.07) is 11.2. The minimum absolute atomic E-state index is 0. The molecule has 0 saturated heterocycles. The summed E-state index contributed by atoms with van der Waals surface area (Å²) in [5.41, 5.74) is 9.50. The summed E-state index contributed by atoms with van der Waals surface area (Å²) in [6.45, 7) is 4.04. The standard InChI is InChI=1S/C20H26N2O4S.ClH/c1-13-8-9-17(14(2)10-13)19(22-20(23)18(21)12-26-3)15-6-5-7-16(11-15)27(4,24)25;/h5-11,18-19H,12,21H2,1-4H3,(H,22,23);1H. The van der Waals surface area contributed by atoms with Gasteiger partial charge in [0.2, 0.25) is 5.91 Å². The van der Waals surface area contributed by atoms with E-state index in [4.69, 9.17) is 10.5 Å². The number of carbonyl (C=O) groups is 1. The van der Waals surface area contributed by atoms with Crippen molar-refractivity contribution in [1.82, 2.24) is 5.32 Å². The van der Waals surface area contributed by atoms with Crippen LogP contribution in [0.3, 0.4) is 0 Å². The lowest BCUT2D eigenvalue weighted by Gasteiger charge is -2.24. The molecule has 0 saturated carbocycles. The predicted octanol–water partition coefficient (Wildman–Crippen LogP) is 2.31. The van der Waals surface area contributed by atoms with Crippen molar-refractivity contribution in [3.8, 4) is 0 Å². The number of methoxy groups -OCH3 is 1. The number of hydrogen-bond acceptors (Lipinski definition) is 5. The number of benzene rings is 2. The number of amides is 1. The third kappa shape index (κ3) is 6.04. The number of carbonyl (C=O) groups excluding carboxylic acids is 1. The predicted molar refractivity (Wildman–Crippen MR) is 113 cm³/mol. The third-order valence-corrected chi connectivity index (χ3v) is 5.44. The van der Waals surface area contributed by atoms with Gasteiger partial charge in [0.25, 0.3) is 0 Å². The molecule has 2 atom stereocenters. The zero-order valence-corrected chi connectivity index (χ0v) is 18.1. The van der Waals surface area contributed by atoms with E-state index in [1.807, 2.05) is 32.0 Å². The monoisotopic (exact) mass is 426 g/mol. The first-order valence-corrected chi connectivity index (χ1v) is 10.4. The van der Waals surface area contributed by atoms with Crippen LogP contribution in [0, 0.1) is 13.8 Å². The van der Waals surface area contributed by atoms with Gasteiger partial charge < -0.3 is 15.8 Å². The highest BCUT2D eigenvalue weighted by atomic mass is 35.5. The Bertz CT molecular complexity index is 932. The first-order chi connectivity index (χ1) is 12.6. The van der Waals surface area contributed by atoms with Crippen LogP contribution in [0.1, 0.15) is 28.3 Å². The fraction of sp³-hybridized carbons (Fsp3) is 0.350. The van der Waals surface area contributed by atoms with Gasteiger partial charge in [-0.05, 0) is 42.7 Å². The maximum atomic E-state index is 12.5. The van der Waals surface area contributed by atoms with Crippen LogP contribution < -0.4 is 11.1 Å². The molecule has 154 valence electrons. The van der Waals surface area contributed by atoms with E-state index in [9.17, 15) is 13.2 Å². The van der Waals surface area contributed by atoms with E-state index in [1.165, 1.54) is 13.2 Å². The lowest BCUT2D eigenvalue weighted by molar-refractivity contribution is -0.123. The smallest absolute Gasteiger partial charge is 0.240 e. The Morgan fingerprint density at radius 3 is 2.43 bits per heavy atom. The number of aryl methyl sites for hydroxylation is 2. The molecule has 0 radical (unpaired) electrons. The van der Waals surface area contributed by atoms with Gasteiger partial charge in [-0.1, -0.05) is 35.9 Å². The van der Waals surface area contributed by atoms with Crippen LogP contribution in [-0.2, 0) is 19.4 Å². The van der Waals surface area contributed by atoms with Gasteiger partial charge in [0.1, 0.15) is 6.04 Å². The van der Waals surface area contributed by atoms with Gasteiger partial charge >= 0.3 is 0 Å². The van der Waals surface area contributed by atoms with Crippen molar-refractivity contribution in [1.29, 1.82) is 0 Å². The SMILES string of the molecule is COCC(N)C(=O)NC(c1cccc(S(C)(=O)=O)c1)c1ccc(C)cc1C.Cl. The molecule has 2 rings (SSSR count). The summed E-state index contributed by atoms with van der Waals surface area (Å²) in [6.07, 6.45) is 1.16. The second-order valence-electron chi connectivity index (χ2n) is 6.71. The van der Waals surface area contributed by atoms with Gasteiger partial charge in [0.15, 0.2) is 9.84 Å². The molecule has 0 fully saturated rings. The molecular formula is C20H27ClN2O4S. The average molecular weight is 427 g/mol. The molecule has 0 aromatic heterocycles. The van der Waals surface area contributed by atoms with Gasteiger partial charge in [0.05, 0.1) is 17.5 Å². The van der Waals surface area contributed by atoms with Crippen LogP contribution in [0.2, 0.25) is 0 Å². The van der Waals surface area contributed by atoms with Gasteiger partial charge in [-0.15, -0.1) is 12.4 Å². The van der Waals surface area contributed by atoms with Crippen LogP contribution in [0.5, 0.6) is 0 Å². The van der Waals surface area contributed by atoms with Gasteiger partial charge in [-0.2, -0.15) is 0 Å². The van der Waals surface area contributed by atoms with Gasteiger partial charge in [-0.25, -0.2) is 8.42 Å². The lowest BCUT2D eigenvalue weighted by Crippen LogP contribution is -2.45. The number of nitrogens with one attached hydrogen (secondary N) is 1. The molecule has 1 amide bonds. The highest BCUT2D eigenvalue weighted by Crippen LogP contribution is 2.27. The third-order valence-electron chi connectivity index (χ3n) is 4.33. The van der Waals surface area contributed by atoms with Crippen molar-refractivity contribution in [2.75, 3.05) is 20.0 Å². The fourth-order valence-corrected chi connectivity index (χ4v) is 3.60. The number of hydrogen-bond donors (Lipinski definition) is 2. The topological polar surface area (TPSA) is 98.5 Å². The second-order valence-corrected chi connectivity index (χ2v) is 8.72. The first-order valence-electron chi connectivity index (χ1n) is 8.55. The molecule has 2 aromatic rings. The van der Waals surface area contributed by atoms with E-state index in [0.717, 1.165) is 22.9 Å². The summed E-state index contributed by atoms with van der Waals surface area (Å²) >= 11 is 0. The van der Waals surface area contributed by atoms with Crippen LogP contribution >= 0.6 is 12.4 Å². The summed E-state index contributed by atoms with van der Waals surface area (Å²) in [7, 11) is -1.89. The normalized spacial score (nSPS) is 13.3. The average Bonchev–Trinajstić information content (AvgIpc) is 2.59. The van der Waals surface area contributed by atoms with Crippen molar-refractivity contribution in [3.05, 3.63) is 64.7 Å². The summed E-state index contributed by atoms with van der Waals surface area (Å²) in [4.78, 5) is 12.7. The maximum Gasteiger partial charge on any atom is 0.240 e. The highest BCUT2D eigenvalue weighted by Gasteiger charge is 2.23.